The number of amides is 1. The minimum atomic E-state index is 0.00697. The van der Waals surface area contributed by atoms with Gasteiger partial charge in [0, 0.05) is 19.3 Å². The molecule has 0 atom stereocenters. The number of hydrogen-bond donors (Lipinski definition) is 0. The molecule has 0 aliphatic carbocycles. The third kappa shape index (κ3) is 3.06. The van der Waals surface area contributed by atoms with Gasteiger partial charge in [0.2, 0.25) is 0 Å². The molecule has 2 fully saturated rings. The molecule has 3 rings (SSSR count). The molecule has 116 valence electrons. The first-order chi connectivity index (χ1) is 10.6. The van der Waals surface area contributed by atoms with Gasteiger partial charge in [-0.25, -0.2) is 0 Å². The minimum Gasteiger partial charge on any atom is -0.376 e. The average molecular weight is 332 g/mol. The van der Waals surface area contributed by atoms with Gasteiger partial charge in [0.05, 0.1) is 10.6 Å². The zero-order valence-corrected chi connectivity index (χ0v) is 14.6. The van der Waals surface area contributed by atoms with Gasteiger partial charge in [-0.05, 0) is 44.7 Å². The lowest BCUT2D eigenvalue weighted by molar-refractivity contribution is -0.113. The van der Waals surface area contributed by atoms with Crippen LogP contribution in [-0.4, -0.2) is 28.2 Å². The maximum Gasteiger partial charge on any atom is 0.272 e. The summed E-state index contributed by atoms with van der Waals surface area (Å²) in [6.07, 6.45) is 5.69. The Bertz CT molecular complexity index is 648. The normalized spacial score (nSPS) is 21.1. The third-order valence-electron chi connectivity index (χ3n) is 4.08. The summed E-state index contributed by atoms with van der Waals surface area (Å²) in [5.74, 6) is 0.00697. The monoisotopic (exact) mass is 332 g/mol. The Kier molecular flexibility index (Phi) is 4.54. The molecule has 2 heterocycles. The highest BCUT2D eigenvalue weighted by molar-refractivity contribution is 8.27. The summed E-state index contributed by atoms with van der Waals surface area (Å²) in [7, 11) is 0. The zero-order chi connectivity index (χ0) is 15.7. The van der Waals surface area contributed by atoms with Gasteiger partial charge in [0.1, 0.15) is 0 Å². The molecule has 1 aromatic rings. The number of likely N-dealkylation sites (tertiary alicyclic amines) is 1. The Hall–Kier alpha value is -1.33. The fraction of sp³-hybridized carbons (Fsp3) is 0.412. The van der Waals surface area contributed by atoms with Crippen LogP contribution < -0.4 is 4.90 Å². The van der Waals surface area contributed by atoms with Crippen LogP contribution >= 0.6 is 24.0 Å². The molecule has 1 amide bonds. The lowest BCUT2D eigenvalue weighted by Crippen LogP contribution is -2.29. The number of anilines is 1. The van der Waals surface area contributed by atoms with Gasteiger partial charge in [-0.15, -0.1) is 0 Å². The molecule has 3 nitrogen and oxygen atoms in total. The summed E-state index contributed by atoms with van der Waals surface area (Å²) >= 11 is 6.86. The lowest BCUT2D eigenvalue weighted by Gasteiger charge is -2.25. The van der Waals surface area contributed by atoms with Gasteiger partial charge in [-0.2, -0.15) is 0 Å². The van der Waals surface area contributed by atoms with E-state index in [-0.39, 0.29) is 5.91 Å². The molecule has 1 aromatic carbocycles. The van der Waals surface area contributed by atoms with Crippen molar-refractivity contribution in [2.45, 2.75) is 33.1 Å². The van der Waals surface area contributed by atoms with Gasteiger partial charge >= 0.3 is 0 Å². The molecule has 5 heteroatoms. The first kappa shape index (κ1) is 15.6. The van der Waals surface area contributed by atoms with E-state index in [9.17, 15) is 4.79 Å². The van der Waals surface area contributed by atoms with Crippen LogP contribution in [0.15, 0.2) is 29.3 Å². The van der Waals surface area contributed by atoms with Crippen molar-refractivity contribution < 1.29 is 4.79 Å². The number of benzene rings is 1. The van der Waals surface area contributed by atoms with Gasteiger partial charge in [0.25, 0.3) is 5.91 Å². The second kappa shape index (κ2) is 6.42. The first-order valence-corrected chi connectivity index (χ1v) is 8.88. The number of piperidine rings is 1. The Morgan fingerprint density at radius 3 is 2.59 bits per heavy atom. The van der Waals surface area contributed by atoms with Crippen LogP contribution in [0.4, 0.5) is 5.69 Å². The number of rotatable bonds is 2. The van der Waals surface area contributed by atoms with Gasteiger partial charge < -0.3 is 4.90 Å². The predicted molar refractivity (Wildman–Crippen MR) is 97.1 cm³/mol. The average Bonchev–Trinajstić information content (AvgIpc) is 2.75. The second-order valence-corrected chi connectivity index (χ2v) is 7.56. The highest BCUT2D eigenvalue weighted by atomic mass is 32.2. The molecule has 22 heavy (non-hydrogen) atoms. The Balaban J connectivity index is 1.86. The van der Waals surface area contributed by atoms with Crippen molar-refractivity contribution in [1.29, 1.82) is 0 Å². The molecule has 0 aromatic heterocycles. The van der Waals surface area contributed by atoms with E-state index in [0.717, 1.165) is 29.2 Å². The fourth-order valence-electron chi connectivity index (χ4n) is 2.94. The standard InChI is InChI=1S/C17H20N2OS2/c1-12-6-7-14(13(2)10-12)19-16(20)15(22-17(19)21)11-18-8-4-3-5-9-18/h6-7,10-11H,3-5,8-9H2,1-2H3/b15-11-. The van der Waals surface area contributed by atoms with Crippen molar-refractivity contribution in [3.05, 3.63) is 40.4 Å². The molecule has 0 bridgehead atoms. The molecule has 2 aliphatic heterocycles. The van der Waals surface area contributed by atoms with Gasteiger partial charge in [-0.1, -0.05) is 41.7 Å². The summed E-state index contributed by atoms with van der Waals surface area (Å²) in [5, 5.41) is 0. The molecule has 0 spiro atoms. The summed E-state index contributed by atoms with van der Waals surface area (Å²) in [5.41, 5.74) is 3.17. The number of carbonyl (C=O) groups excluding carboxylic acids is 1. The van der Waals surface area contributed by atoms with E-state index in [0.29, 0.717) is 4.32 Å². The maximum absolute atomic E-state index is 12.7. The van der Waals surface area contributed by atoms with Gasteiger partial charge in [-0.3, -0.25) is 9.69 Å². The first-order valence-electron chi connectivity index (χ1n) is 7.65. The number of thiocarbonyl (C=S) groups is 1. The molecule has 2 aliphatic rings. The van der Waals surface area contributed by atoms with E-state index >= 15 is 0 Å². The van der Waals surface area contributed by atoms with Crippen molar-refractivity contribution in [3.8, 4) is 0 Å². The Labute approximate surface area is 141 Å². The molecule has 0 saturated carbocycles. The van der Waals surface area contributed by atoms with E-state index < -0.39 is 0 Å². The third-order valence-corrected chi connectivity index (χ3v) is 5.37. The van der Waals surface area contributed by atoms with E-state index in [2.05, 4.69) is 17.9 Å². The molecule has 0 N–H and O–H groups in total. The largest absolute Gasteiger partial charge is 0.376 e. The SMILES string of the molecule is Cc1ccc(N2C(=O)/C(=C/N3CCCCC3)SC2=S)c(C)c1. The highest BCUT2D eigenvalue weighted by Gasteiger charge is 2.34. The number of nitrogens with zero attached hydrogens (tertiary/aromatic N) is 2. The van der Waals surface area contributed by atoms with Crippen molar-refractivity contribution in [2.75, 3.05) is 18.0 Å². The van der Waals surface area contributed by atoms with Crippen LogP contribution in [0.2, 0.25) is 0 Å². The number of carbonyl (C=O) groups is 1. The molecule has 0 unspecified atom stereocenters. The summed E-state index contributed by atoms with van der Waals surface area (Å²) in [6.45, 7) is 6.15. The Morgan fingerprint density at radius 1 is 1.18 bits per heavy atom. The zero-order valence-electron chi connectivity index (χ0n) is 13.0. The van der Waals surface area contributed by atoms with E-state index in [1.807, 2.05) is 25.3 Å². The number of hydrogen-bond acceptors (Lipinski definition) is 4. The van der Waals surface area contributed by atoms with Crippen LogP contribution in [0.1, 0.15) is 30.4 Å². The van der Waals surface area contributed by atoms with Gasteiger partial charge in [0.15, 0.2) is 4.32 Å². The van der Waals surface area contributed by atoms with Crippen LogP contribution in [0.3, 0.4) is 0 Å². The fourth-order valence-corrected chi connectivity index (χ4v) is 4.23. The summed E-state index contributed by atoms with van der Waals surface area (Å²) in [4.78, 5) is 17.4. The van der Waals surface area contributed by atoms with Crippen LogP contribution in [0, 0.1) is 13.8 Å². The molecule has 2 saturated heterocycles. The minimum absolute atomic E-state index is 0.00697. The molecular weight excluding hydrogens is 312 g/mol. The molecular formula is C17H20N2OS2. The van der Waals surface area contributed by atoms with Crippen LogP contribution in [-0.2, 0) is 4.79 Å². The quantitative estimate of drug-likeness (QED) is 0.603. The number of thioether (sulfide) groups is 1. The van der Waals surface area contributed by atoms with E-state index in [4.69, 9.17) is 12.2 Å². The van der Waals surface area contributed by atoms with Crippen molar-refractivity contribution in [1.82, 2.24) is 4.90 Å². The van der Waals surface area contributed by atoms with Crippen molar-refractivity contribution >= 4 is 39.9 Å². The second-order valence-electron chi connectivity index (χ2n) is 5.89. The summed E-state index contributed by atoms with van der Waals surface area (Å²) < 4.78 is 0.625. The van der Waals surface area contributed by atoms with Crippen LogP contribution in [0.25, 0.3) is 0 Å². The summed E-state index contributed by atoms with van der Waals surface area (Å²) in [6, 6.07) is 6.09. The van der Waals surface area contributed by atoms with E-state index in [1.54, 1.807) is 4.90 Å². The van der Waals surface area contributed by atoms with Crippen molar-refractivity contribution in [2.24, 2.45) is 0 Å². The molecule has 0 radical (unpaired) electrons. The Morgan fingerprint density at radius 2 is 1.91 bits per heavy atom. The number of aryl methyl sites for hydroxylation is 2. The topological polar surface area (TPSA) is 23.6 Å². The predicted octanol–water partition coefficient (Wildman–Crippen LogP) is 4.00. The van der Waals surface area contributed by atoms with Crippen molar-refractivity contribution in [3.63, 3.8) is 0 Å². The smallest absolute Gasteiger partial charge is 0.272 e. The van der Waals surface area contributed by atoms with E-state index in [1.165, 1.54) is 36.6 Å². The maximum atomic E-state index is 12.7. The lowest BCUT2D eigenvalue weighted by atomic mass is 10.1. The highest BCUT2D eigenvalue weighted by Crippen LogP contribution is 2.36. The van der Waals surface area contributed by atoms with Crippen LogP contribution in [0.5, 0.6) is 0 Å².